The first kappa shape index (κ1) is 15.1. The molecule has 1 saturated heterocycles. The number of carboxylic acid groups (broad SMARTS) is 1. The predicted octanol–water partition coefficient (Wildman–Crippen LogP) is 2.56. The van der Waals surface area contributed by atoms with Gasteiger partial charge in [0, 0.05) is 25.7 Å². The molecule has 2 amide bonds. The lowest BCUT2D eigenvalue weighted by molar-refractivity contribution is -0.148. The standard InChI is InChI=1S/C15H26N2O3/c1-3-5-9-17(12-6-7-12)14(20)16-10-8-15(4-2,11-16)13(18)19/h12H,3-11H2,1-2H3,(H,18,19). The van der Waals surface area contributed by atoms with Crippen LogP contribution in [-0.2, 0) is 4.79 Å². The van der Waals surface area contributed by atoms with Crippen LogP contribution >= 0.6 is 0 Å². The Labute approximate surface area is 120 Å². The van der Waals surface area contributed by atoms with E-state index in [2.05, 4.69) is 6.92 Å². The third-order valence-electron chi connectivity index (χ3n) is 4.74. The molecule has 5 heteroatoms. The van der Waals surface area contributed by atoms with Crippen molar-refractivity contribution in [1.82, 2.24) is 9.80 Å². The van der Waals surface area contributed by atoms with E-state index in [4.69, 9.17) is 0 Å². The fraction of sp³-hybridized carbons (Fsp3) is 0.867. The highest BCUT2D eigenvalue weighted by Crippen LogP contribution is 2.36. The maximum Gasteiger partial charge on any atom is 0.320 e. The molecule has 1 aliphatic heterocycles. The van der Waals surface area contributed by atoms with Gasteiger partial charge in [0.25, 0.3) is 0 Å². The molecule has 1 unspecified atom stereocenters. The van der Waals surface area contributed by atoms with Gasteiger partial charge in [0.05, 0.1) is 5.41 Å². The quantitative estimate of drug-likeness (QED) is 0.814. The molecule has 2 aliphatic rings. The van der Waals surface area contributed by atoms with Gasteiger partial charge >= 0.3 is 12.0 Å². The highest BCUT2D eigenvalue weighted by atomic mass is 16.4. The van der Waals surface area contributed by atoms with E-state index < -0.39 is 11.4 Å². The first-order valence-electron chi connectivity index (χ1n) is 7.83. The number of aliphatic carboxylic acids is 1. The number of carbonyl (C=O) groups excluding carboxylic acids is 1. The molecule has 1 N–H and O–H groups in total. The Kier molecular flexibility index (Phi) is 4.55. The molecule has 0 radical (unpaired) electrons. The third kappa shape index (κ3) is 2.91. The van der Waals surface area contributed by atoms with Crippen molar-refractivity contribution in [2.24, 2.45) is 5.41 Å². The SMILES string of the molecule is CCCCN(C(=O)N1CCC(CC)(C(=O)O)C1)C1CC1. The lowest BCUT2D eigenvalue weighted by Gasteiger charge is -2.29. The average Bonchev–Trinajstić information content (AvgIpc) is 3.17. The Balaban J connectivity index is 2.00. The van der Waals surface area contributed by atoms with E-state index >= 15 is 0 Å². The van der Waals surface area contributed by atoms with E-state index in [1.165, 1.54) is 0 Å². The monoisotopic (exact) mass is 282 g/mol. The van der Waals surface area contributed by atoms with E-state index in [0.717, 1.165) is 32.2 Å². The number of unbranched alkanes of at least 4 members (excludes halogenated alkanes) is 1. The molecule has 0 aromatic heterocycles. The van der Waals surface area contributed by atoms with Crippen LogP contribution in [0, 0.1) is 5.41 Å². The molecule has 0 aromatic rings. The largest absolute Gasteiger partial charge is 0.481 e. The molecular weight excluding hydrogens is 256 g/mol. The van der Waals surface area contributed by atoms with E-state index in [1.54, 1.807) is 4.90 Å². The van der Waals surface area contributed by atoms with E-state index in [0.29, 0.717) is 32.0 Å². The van der Waals surface area contributed by atoms with Crippen LogP contribution in [0.4, 0.5) is 4.79 Å². The van der Waals surface area contributed by atoms with Crippen molar-refractivity contribution in [3.63, 3.8) is 0 Å². The van der Waals surface area contributed by atoms with Crippen LogP contribution < -0.4 is 0 Å². The van der Waals surface area contributed by atoms with Gasteiger partial charge in [-0.1, -0.05) is 20.3 Å². The van der Waals surface area contributed by atoms with Crippen molar-refractivity contribution in [3.8, 4) is 0 Å². The summed E-state index contributed by atoms with van der Waals surface area (Å²) in [5.74, 6) is -0.762. The number of hydrogen-bond donors (Lipinski definition) is 1. The minimum Gasteiger partial charge on any atom is -0.481 e. The molecule has 114 valence electrons. The minimum atomic E-state index is -0.762. The number of amides is 2. The van der Waals surface area contributed by atoms with Gasteiger partial charge in [-0.05, 0) is 32.1 Å². The van der Waals surface area contributed by atoms with Gasteiger partial charge in [-0.25, -0.2) is 4.79 Å². The highest BCUT2D eigenvalue weighted by molar-refractivity contribution is 5.80. The lowest BCUT2D eigenvalue weighted by atomic mass is 9.84. The van der Waals surface area contributed by atoms with Crippen LogP contribution in [0.15, 0.2) is 0 Å². The smallest absolute Gasteiger partial charge is 0.320 e. The molecule has 1 atom stereocenters. The molecule has 5 nitrogen and oxygen atoms in total. The molecule has 1 aliphatic carbocycles. The maximum absolute atomic E-state index is 12.6. The number of urea groups is 1. The van der Waals surface area contributed by atoms with Crippen molar-refractivity contribution in [2.45, 2.75) is 58.4 Å². The van der Waals surface area contributed by atoms with E-state index in [-0.39, 0.29) is 6.03 Å². The summed E-state index contributed by atoms with van der Waals surface area (Å²) in [7, 11) is 0. The summed E-state index contributed by atoms with van der Waals surface area (Å²) in [6, 6.07) is 0.452. The van der Waals surface area contributed by atoms with E-state index in [1.807, 2.05) is 11.8 Å². The van der Waals surface area contributed by atoms with Crippen molar-refractivity contribution < 1.29 is 14.7 Å². The number of carbonyl (C=O) groups is 2. The summed E-state index contributed by atoms with van der Waals surface area (Å²) in [6.45, 7) is 5.78. The number of nitrogens with zero attached hydrogens (tertiary/aromatic N) is 2. The van der Waals surface area contributed by atoms with Gasteiger partial charge < -0.3 is 14.9 Å². The van der Waals surface area contributed by atoms with E-state index in [9.17, 15) is 14.7 Å². The zero-order valence-corrected chi connectivity index (χ0v) is 12.6. The second-order valence-corrected chi connectivity index (χ2v) is 6.17. The third-order valence-corrected chi connectivity index (χ3v) is 4.74. The van der Waals surface area contributed by atoms with Crippen LogP contribution in [0.5, 0.6) is 0 Å². The Morgan fingerprint density at radius 1 is 1.35 bits per heavy atom. The Hall–Kier alpha value is -1.26. The summed E-state index contributed by atoms with van der Waals surface area (Å²) in [6.07, 6.45) is 5.46. The van der Waals surface area contributed by atoms with Crippen molar-refractivity contribution >= 4 is 12.0 Å². The summed E-state index contributed by atoms with van der Waals surface area (Å²) < 4.78 is 0. The number of hydrogen-bond acceptors (Lipinski definition) is 2. The zero-order chi connectivity index (χ0) is 14.8. The Morgan fingerprint density at radius 3 is 2.50 bits per heavy atom. The Morgan fingerprint density at radius 2 is 2.05 bits per heavy atom. The van der Waals surface area contributed by atoms with Crippen LogP contribution in [0.1, 0.15) is 52.4 Å². The molecule has 0 spiro atoms. The van der Waals surface area contributed by atoms with Gasteiger partial charge in [0.15, 0.2) is 0 Å². The fourth-order valence-electron chi connectivity index (χ4n) is 2.98. The fourth-order valence-corrected chi connectivity index (χ4v) is 2.98. The summed E-state index contributed by atoms with van der Waals surface area (Å²) in [5, 5.41) is 9.41. The molecule has 2 rings (SSSR count). The van der Waals surface area contributed by atoms with Crippen LogP contribution in [0.3, 0.4) is 0 Å². The molecule has 2 fully saturated rings. The molecule has 1 heterocycles. The number of rotatable bonds is 6. The molecule has 1 saturated carbocycles. The van der Waals surface area contributed by atoms with Crippen molar-refractivity contribution in [3.05, 3.63) is 0 Å². The highest BCUT2D eigenvalue weighted by Gasteiger charge is 2.46. The van der Waals surface area contributed by atoms with Crippen LogP contribution in [-0.4, -0.2) is 52.6 Å². The zero-order valence-electron chi connectivity index (χ0n) is 12.6. The van der Waals surface area contributed by atoms with Crippen molar-refractivity contribution in [1.29, 1.82) is 0 Å². The first-order valence-corrected chi connectivity index (χ1v) is 7.83. The van der Waals surface area contributed by atoms with Crippen LogP contribution in [0.25, 0.3) is 0 Å². The second-order valence-electron chi connectivity index (χ2n) is 6.17. The molecule has 0 aromatic carbocycles. The molecular formula is C15H26N2O3. The summed E-state index contributed by atoms with van der Waals surface area (Å²) in [4.78, 5) is 27.8. The Bertz CT molecular complexity index is 381. The van der Waals surface area contributed by atoms with Gasteiger partial charge in [0.2, 0.25) is 0 Å². The summed E-state index contributed by atoms with van der Waals surface area (Å²) >= 11 is 0. The summed E-state index contributed by atoms with van der Waals surface area (Å²) in [5.41, 5.74) is -0.727. The average molecular weight is 282 g/mol. The first-order chi connectivity index (χ1) is 9.54. The topological polar surface area (TPSA) is 60.9 Å². The normalized spacial score (nSPS) is 25.8. The van der Waals surface area contributed by atoms with Crippen LogP contribution in [0.2, 0.25) is 0 Å². The predicted molar refractivity (Wildman–Crippen MR) is 76.6 cm³/mol. The minimum absolute atomic E-state index is 0.0533. The number of carboxylic acids is 1. The lowest BCUT2D eigenvalue weighted by Crippen LogP contribution is -2.45. The van der Waals surface area contributed by atoms with Gasteiger partial charge in [-0.3, -0.25) is 4.79 Å². The molecule has 0 bridgehead atoms. The maximum atomic E-state index is 12.6. The van der Waals surface area contributed by atoms with Gasteiger partial charge in [-0.15, -0.1) is 0 Å². The van der Waals surface area contributed by atoms with Crippen molar-refractivity contribution in [2.75, 3.05) is 19.6 Å². The van der Waals surface area contributed by atoms with Gasteiger partial charge in [0.1, 0.15) is 0 Å². The van der Waals surface area contributed by atoms with Gasteiger partial charge in [-0.2, -0.15) is 0 Å². The molecule has 20 heavy (non-hydrogen) atoms. The second kappa shape index (κ2) is 6.02. The number of likely N-dealkylation sites (tertiary alicyclic amines) is 1.